The first-order chi connectivity index (χ1) is 9.56. The Morgan fingerprint density at radius 3 is 2.35 bits per heavy atom. The second kappa shape index (κ2) is 6.43. The summed E-state index contributed by atoms with van der Waals surface area (Å²) in [6.07, 6.45) is 6.41. The van der Waals surface area contributed by atoms with Crippen molar-refractivity contribution in [3.8, 4) is 0 Å². The summed E-state index contributed by atoms with van der Waals surface area (Å²) in [6.45, 7) is 1.55. The fourth-order valence-corrected chi connectivity index (χ4v) is 3.37. The van der Waals surface area contributed by atoms with Crippen molar-refractivity contribution in [2.75, 3.05) is 26.7 Å². The Kier molecular flexibility index (Phi) is 4.86. The van der Waals surface area contributed by atoms with E-state index >= 15 is 0 Å². The van der Waals surface area contributed by atoms with Gasteiger partial charge in [0, 0.05) is 20.2 Å². The van der Waals surface area contributed by atoms with E-state index in [1.807, 2.05) is 0 Å². The van der Waals surface area contributed by atoms with Gasteiger partial charge in [0.15, 0.2) is 6.10 Å². The van der Waals surface area contributed by atoms with Gasteiger partial charge in [-0.1, -0.05) is 12.8 Å². The van der Waals surface area contributed by atoms with E-state index < -0.39 is 12.1 Å². The summed E-state index contributed by atoms with van der Waals surface area (Å²) in [6, 6.07) is -0.179. The molecule has 20 heavy (non-hydrogen) atoms. The third-order valence-electron chi connectivity index (χ3n) is 4.77. The van der Waals surface area contributed by atoms with Crippen LogP contribution < -0.4 is 5.32 Å². The molecular weight excluding hydrogens is 260 g/mol. The summed E-state index contributed by atoms with van der Waals surface area (Å²) in [5.74, 6) is -1.06. The second-order valence-corrected chi connectivity index (χ2v) is 5.94. The lowest BCUT2D eigenvalue weighted by molar-refractivity contribution is -0.148. The smallest absolute Gasteiger partial charge is 0.334 e. The molecule has 1 unspecified atom stereocenters. The number of nitrogens with zero attached hydrogens (tertiary/aromatic N) is 1. The number of urea groups is 1. The lowest BCUT2D eigenvalue weighted by Gasteiger charge is -2.39. The van der Waals surface area contributed by atoms with Crippen molar-refractivity contribution in [2.24, 2.45) is 5.41 Å². The van der Waals surface area contributed by atoms with Gasteiger partial charge < -0.3 is 20.1 Å². The van der Waals surface area contributed by atoms with E-state index in [0.717, 1.165) is 25.9 Å². The van der Waals surface area contributed by atoms with Crippen LogP contribution in [0.4, 0.5) is 4.79 Å². The first-order valence-electron chi connectivity index (χ1n) is 7.35. The number of aliphatic carboxylic acids is 1. The number of carbonyl (C=O) groups excluding carboxylic acids is 1. The zero-order valence-corrected chi connectivity index (χ0v) is 12.1. The normalized spacial score (nSPS) is 22.8. The molecule has 2 rings (SSSR count). The molecule has 6 nitrogen and oxygen atoms in total. The lowest BCUT2D eigenvalue weighted by Crippen LogP contribution is -2.49. The number of rotatable bonds is 4. The number of hydrogen-bond donors (Lipinski definition) is 2. The zero-order chi connectivity index (χ0) is 14.6. The molecule has 1 saturated carbocycles. The monoisotopic (exact) mass is 284 g/mol. The van der Waals surface area contributed by atoms with Crippen molar-refractivity contribution in [3.63, 3.8) is 0 Å². The van der Waals surface area contributed by atoms with E-state index in [0.29, 0.717) is 5.41 Å². The van der Waals surface area contributed by atoms with Gasteiger partial charge in [-0.05, 0) is 31.1 Å². The van der Waals surface area contributed by atoms with E-state index in [4.69, 9.17) is 9.84 Å². The molecule has 114 valence electrons. The topological polar surface area (TPSA) is 78.9 Å². The van der Waals surface area contributed by atoms with Gasteiger partial charge in [-0.15, -0.1) is 0 Å². The largest absolute Gasteiger partial charge is 0.479 e. The predicted molar refractivity (Wildman–Crippen MR) is 73.5 cm³/mol. The van der Waals surface area contributed by atoms with Crippen molar-refractivity contribution in [1.82, 2.24) is 10.2 Å². The SMILES string of the molecule is COC(CNC(=O)N1CCC2(CCCC2)CC1)C(=O)O. The first kappa shape index (κ1) is 15.1. The summed E-state index contributed by atoms with van der Waals surface area (Å²) in [5.41, 5.74) is 0.479. The first-order valence-corrected chi connectivity index (χ1v) is 7.35. The Hall–Kier alpha value is -1.30. The molecule has 0 radical (unpaired) electrons. The lowest BCUT2D eigenvalue weighted by atomic mass is 9.77. The molecule has 1 saturated heterocycles. The van der Waals surface area contributed by atoms with Crippen LogP contribution in [0.2, 0.25) is 0 Å². The zero-order valence-electron chi connectivity index (χ0n) is 12.1. The number of piperidine rings is 1. The van der Waals surface area contributed by atoms with Gasteiger partial charge in [-0.25, -0.2) is 9.59 Å². The van der Waals surface area contributed by atoms with Crippen LogP contribution in [0.15, 0.2) is 0 Å². The maximum absolute atomic E-state index is 12.0. The highest BCUT2D eigenvalue weighted by Gasteiger charge is 2.38. The Morgan fingerprint density at radius 2 is 1.85 bits per heavy atom. The van der Waals surface area contributed by atoms with Crippen LogP contribution in [0, 0.1) is 5.41 Å². The van der Waals surface area contributed by atoms with Crippen molar-refractivity contribution in [2.45, 2.75) is 44.6 Å². The highest BCUT2D eigenvalue weighted by molar-refractivity contribution is 5.77. The van der Waals surface area contributed by atoms with E-state index in [1.165, 1.54) is 32.8 Å². The van der Waals surface area contributed by atoms with Gasteiger partial charge in [0.05, 0.1) is 6.54 Å². The number of carboxylic acids is 1. The van der Waals surface area contributed by atoms with Gasteiger partial charge in [0.25, 0.3) is 0 Å². The van der Waals surface area contributed by atoms with E-state index in [2.05, 4.69) is 5.32 Å². The number of amides is 2. The Morgan fingerprint density at radius 1 is 1.25 bits per heavy atom. The fourth-order valence-electron chi connectivity index (χ4n) is 3.37. The minimum Gasteiger partial charge on any atom is -0.479 e. The number of nitrogens with one attached hydrogen (secondary N) is 1. The average molecular weight is 284 g/mol. The molecule has 1 atom stereocenters. The maximum atomic E-state index is 12.0. The van der Waals surface area contributed by atoms with Crippen LogP contribution >= 0.6 is 0 Å². The van der Waals surface area contributed by atoms with Crippen LogP contribution in [0.25, 0.3) is 0 Å². The molecule has 1 heterocycles. The second-order valence-electron chi connectivity index (χ2n) is 5.94. The molecule has 1 aliphatic heterocycles. The molecular formula is C14H24N2O4. The molecule has 0 aromatic heterocycles. The van der Waals surface area contributed by atoms with E-state index in [-0.39, 0.29) is 12.6 Å². The summed E-state index contributed by atoms with van der Waals surface area (Å²) >= 11 is 0. The van der Waals surface area contributed by atoms with Gasteiger partial charge >= 0.3 is 12.0 Å². The van der Waals surface area contributed by atoms with Crippen molar-refractivity contribution in [3.05, 3.63) is 0 Å². The quantitative estimate of drug-likeness (QED) is 0.819. The molecule has 2 N–H and O–H groups in total. The minimum atomic E-state index is -1.06. The Labute approximate surface area is 119 Å². The third kappa shape index (κ3) is 3.42. The van der Waals surface area contributed by atoms with E-state index in [9.17, 15) is 9.59 Å². The molecule has 2 fully saturated rings. The van der Waals surface area contributed by atoms with E-state index in [1.54, 1.807) is 4.90 Å². The van der Waals surface area contributed by atoms with Crippen LogP contribution in [0.5, 0.6) is 0 Å². The molecule has 0 aromatic rings. The number of likely N-dealkylation sites (tertiary alicyclic amines) is 1. The highest BCUT2D eigenvalue weighted by Crippen LogP contribution is 2.45. The minimum absolute atomic E-state index is 0.00626. The predicted octanol–water partition coefficient (Wildman–Crippen LogP) is 1.45. The summed E-state index contributed by atoms with van der Waals surface area (Å²) < 4.78 is 4.79. The van der Waals surface area contributed by atoms with Crippen molar-refractivity contribution >= 4 is 12.0 Å². The summed E-state index contributed by atoms with van der Waals surface area (Å²) in [5, 5.41) is 11.5. The number of carboxylic acid groups (broad SMARTS) is 1. The fraction of sp³-hybridized carbons (Fsp3) is 0.857. The molecule has 2 aliphatic rings. The number of carbonyl (C=O) groups is 2. The van der Waals surface area contributed by atoms with Gasteiger partial charge in [-0.3, -0.25) is 0 Å². The van der Waals surface area contributed by atoms with Gasteiger partial charge in [0.1, 0.15) is 0 Å². The summed E-state index contributed by atoms with van der Waals surface area (Å²) in [7, 11) is 1.33. The van der Waals surface area contributed by atoms with Crippen molar-refractivity contribution in [1.29, 1.82) is 0 Å². The molecule has 6 heteroatoms. The average Bonchev–Trinajstić information content (AvgIpc) is 2.88. The highest BCUT2D eigenvalue weighted by atomic mass is 16.5. The molecule has 0 aromatic carbocycles. The van der Waals surface area contributed by atoms with Crippen LogP contribution in [0.1, 0.15) is 38.5 Å². The Bertz CT molecular complexity index is 356. The number of hydrogen-bond acceptors (Lipinski definition) is 3. The van der Waals surface area contributed by atoms with Crippen molar-refractivity contribution < 1.29 is 19.4 Å². The maximum Gasteiger partial charge on any atom is 0.334 e. The third-order valence-corrected chi connectivity index (χ3v) is 4.77. The summed E-state index contributed by atoms with van der Waals surface area (Å²) in [4.78, 5) is 24.6. The molecule has 1 spiro atoms. The molecule has 2 amide bonds. The molecule has 1 aliphatic carbocycles. The number of methoxy groups -OCH3 is 1. The van der Waals surface area contributed by atoms with Gasteiger partial charge in [0.2, 0.25) is 0 Å². The standard InChI is InChI=1S/C14H24N2O4/c1-20-11(12(17)18)10-15-13(19)16-8-6-14(7-9-16)4-2-3-5-14/h11H,2-10H2,1H3,(H,15,19)(H,17,18). The molecule has 0 bridgehead atoms. The Balaban J connectivity index is 1.75. The number of ether oxygens (including phenoxy) is 1. The van der Waals surface area contributed by atoms with Crippen LogP contribution in [0.3, 0.4) is 0 Å². The van der Waals surface area contributed by atoms with Gasteiger partial charge in [-0.2, -0.15) is 0 Å². The van der Waals surface area contributed by atoms with Crippen LogP contribution in [-0.2, 0) is 9.53 Å². The van der Waals surface area contributed by atoms with Crippen LogP contribution in [-0.4, -0.2) is 54.9 Å².